The second-order valence-electron chi connectivity index (χ2n) is 8.16. The highest BCUT2D eigenvalue weighted by Crippen LogP contribution is 2.31. The number of halogens is 1. The van der Waals surface area contributed by atoms with Crippen LogP contribution >= 0.6 is 24.0 Å². The number of hydrogen-bond acceptors (Lipinski definition) is 3. The normalized spacial score (nSPS) is 16.8. The number of nitrogens with zero attached hydrogens (tertiary/aromatic N) is 4. The van der Waals surface area contributed by atoms with E-state index in [4.69, 9.17) is 4.99 Å². The molecule has 0 amide bonds. The summed E-state index contributed by atoms with van der Waals surface area (Å²) in [5, 5.41) is 11.5. The first-order chi connectivity index (χ1) is 13.9. The summed E-state index contributed by atoms with van der Waals surface area (Å²) in [7, 11) is 2.01. The fraction of sp³-hybridized carbons (Fsp3) is 0.565. The third-order valence-corrected chi connectivity index (χ3v) is 5.86. The van der Waals surface area contributed by atoms with E-state index in [-0.39, 0.29) is 30.0 Å². The maximum Gasteiger partial charge on any atom is 0.191 e. The number of aryl methyl sites for hydroxylation is 2. The molecule has 1 aliphatic rings. The van der Waals surface area contributed by atoms with E-state index in [1.165, 1.54) is 22.5 Å². The van der Waals surface area contributed by atoms with Crippen LogP contribution < -0.4 is 15.5 Å². The van der Waals surface area contributed by atoms with Gasteiger partial charge in [0.2, 0.25) is 0 Å². The largest absolute Gasteiger partial charge is 0.366 e. The van der Waals surface area contributed by atoms with Crippen molar-refractivity contribution in [3.63, 3.8) is 0 Å². The topological polar surface area (TPSA) is 57.5 Å². The Labute approximate surface area is 198 Å². The molecule has 2 atom stereocenters. The number of guanidine groups is 1. The molecule has 1 aromatic heterocycles. The molecule has 166 valence electrons. The minimum atomic E-state index is 0. The lowest BCUT2D eigenvalue weighted by Gasteiger charge is -2.24. The predicted octanol–water partition coefficient (Wildman–Crippen LogP) is 3.59. The van der Waals surface area contributed by atoms with E-state index in [1.807, 2.05) is 11.7 Å². The highest BCUT2D eigenvalue weighted by Gasteiger charge is 2.24. The maximum absolute atomic E-state index is 4.85. The van der Waals surface area contributed by atoms with E-state index in [0.29, 0.717) is 6.04 Å². The molecule has 3 rings (SSSR count). The number of aromatic nitrogens is 2. The molecule has 0 saturated carbocycles. The Bertz CT molecular complexity index is 859. The Hall–Kier alpha value is -1.77. The summed E-state index contributed by atoms with van der Waals surface area (Å²) in [5.41, 5.74) is 6.49. The molecule has 1 aliphatic heterocycles. The van der Waals surface area contributed by atoms with E-state index >= 15 is 0 Å². The van der Waals surface area contributed by atoms with Gasteiger partial charge in [0.15, 0.2) is 5.96 Å². The van der Waals surface area contributed by atoms with Crippen LogP contribution in [0.5, 0.6) is 0 Å². The maximum atomic E-state index is 4.85. The van der Waals surface area contributed by atoms with Gasteiger partial charge in [0.05, 0.1) is 12.2 Å². The van der Waals surface area contributed by atoms with Crippen LogP contribution in [0.1, 0.15) is 43.3 Å². The van der Waals surface area contributed by atoms with Gasteiger partial charge in [-0.05, 0) is 64.7 Å². The molecular formula is C23H37IN6. The Balaban J connectivity index is 0.00000320. The van der Waals surface area contributed by atoms with Crippen molar-refractivity contribution >= 4 is 35.6 Å². The minimum Gasteiger partial charge on any atom is -0.366 e. The lowest BCUT2D eigenvalue weighted by Crippen LogP contribution is -2.43. The SMILES string of the molecule is CCNC(=NCCN1c2ccccc2CC1C)NC(C)Cc1c(C)nn(C)c1C.I. The van der Waals surface area contributed by atoms with Crippen LogP contribution in [0, 0.1) is 13.8 Å². The molecule has 0 saturated heterocycles. The molecule has 30 heavy (non-hydrogen) atoms. The summed E-state index contributed by atoms with van der Waals surface area (Å²) in [4.78, 5) is 7.33. The van der Waals surface area contributed by atoms with Crippen molar-refractivity contribution in [1.29, 1.82) is 0 Å². The van der Waals surface area contributed by atoms with Crippen molar-refractivity contribution in [3.8, 4) is 0 Å². The van der Waals surface area contributed by atoms with E-state index < -0.39 is 0 Å². The number of para-hydroxylation sites is 1. The van der Waals surface area contributed by atoms with Crippen LogP contribution in [-0.2, 0) is 19.9 Å². The number of hydrogen-bond donors (Lipinski definition) is 2. The molecule has 0 aliphatic carbocycles. The molecular weight excluding hydrogens is 487 g/mol. The average molecular weight is 524 g/mol. The summed E-state index contributed by atoms with van der Waals surface area (Å²) in [6.45, 7) is 13.4. The van der Waals surface area contributed by atoms with Gasteiger partial charge in [0.1, 0.15) is 0 Å². The molecule has 0 spiro atoms. The van der Waals surface area contributed by atoms with Crippen molar-refractivity contribution in [2.45, 2.75) is 59.5 Å². The summed E-state index contributed by atoms with van der Waals surface area (Å²) in [6.07, 6.45) is 2.06. The summed E-state index contributed by atoms with van der Waals surface area (Å²) in [6, 6.07) is 9.54. The van der Waals surface area contributed by atoms with Crippen LogP contribution in [0.15, 0.2) is 29.3 Å². The Morgan fingerprint density at radius 2 is 2.03 bits per heavy atom. The van der Waals surface area contributed by atoms with Gasteiger partial charge in [-0.1, -0.05) is 18.2 Å². The zero-order valence-electron chi connectivity index (χ0n) is 19.2. The fourth-order valence-corrected chi connectivity index (χ4v) is 4.26. The van der Waals surface area contributed by atoms with Crippen LogP contribution in [0.4, 0.5) is 5.69 Å². The number of aliphatic imine (C=N–C) groups is 1. The second kappa shape index (κ2) is 11.0. The number of nitrogens with one attached hydrogen (secondary N) is 2. The monoisotopic (exact) mass is 524 g/mol. The molecule has 0 radical (unpaired) electrons. The van der Waals surface area contributed by atoms with Gasteiger partial charge in [-0.15, -0.1) is 24.0 Å². The molecule has 6 nitrogen and oxygen atoms in total. The first kappa shape index (κ1) is 24.5. The molecule has 0 bridgehead atoms. The number of rotatable bonds is 7. The first-order valence-electron chi connectivity index (χ1n) is 10.8. The quantitative estimate of drug-likeness (QED) is 0.330. The average Bonchev–Trinajstić information content (AvgIpc) is 3.12. The summed E-state index contributed by atoms with van der Waals surface area (Å²) >= 11 is 0. The van der Waals surface area contributed by atoms with Gasteiger partial charge >= 0.3 is 0 Å². The van der Waals surface area contributed by atoms with Crippen molar-refractivity contribution in [3.05, 3.63) is 46.8 Å². The number of fused-ring (bicyclic) bond motifs is 1. The van der Waals surface area contributed by atoms with Gasteiger partial charge in [-0.2, -0.15) is 5.10 Å². The second-order valence-corrected chi connectivity index (χ2v) is 8.16. The molecule has 0 fully saturated rings. The zero-order chi connectivity index (χ0) is 21.0. The lowest BCUT2D eigenvalue weighted by atomic mass is 10.1. The summed E-state index contributed by atoms with van der Waals surface area (Å²) in [5.74, 6) is 0.888. The van der Waals surface area contributed by atoms with Gasteiger partial charge < -0.3 is 15.5 Å². The van der Waals surface area contributed by atoms with Gasteiger partial charge in [-0.25, -0.2) is 0 Å². The van der Waals surface area contributed by atoms with E-state index in [0.717, 1.165) is 44.1 Å². The molecule has 1 aromatic carbocycles. The smallest absolute Gasteiger partial charge is 0.191 e. The van der Waals surface area contributed by atoms with E-state index in [1.54, 1.807) is 0 Å². The highest BCUT2D eigenvalue weighted by molar-refractivity contribution is 14.0. The number of benzene rings is 1. The van der Waals surface area contributed by atoms with Crippen molar-refractivity contribution in [2.24, 2.45) is 12.0 Å². The zero-order valence-corrected chi connectivity index (χ0v) is 21.5. The van der Waals surface area contributed by atoms with E-state index in [9.17, 15) is 0 Å². The fourth-order valence-electron chi connectivity index (χ4n) is 4.26. The molecule has 2 N–H and O–H groups in total. The molecule has 2 heterocycles. The Morgan fingerprint density at radius 3 is 2.70 bits per heavy atom. The Morgan fingerprint density at radius 1 is 1.30 bits per heavy atom. The van der Waals surface area contributed by atoms with Gasteiger partial charge in [0.25, 0.3) is 0 Å². The molecule has 7 heteroatoms. The van der Waals surface area contributed by atoms with Crippen molar-refractivity contribution in [1.82, 2.24) is 20.4 Å². The molecule has 2 unspecified atom stereocenters. The summed E-state index contributed by atoms with van der Waals surface area (Å²) < 4.78 is 1.96. The van der Waals surface area contributed by atoms with Crippen LogP contribution in [0.3, 0.4) is 0 Å². The predicted molar refractivity (Wildman–Crippen MR) is 137 cm³/mol. The highest BCUT2D eigenvalue weighted by atomic mass is 127. The Kier molecular flexibility index (Phi) is 9.00. The van der Waals surface area contributed by atoms with Gasteiger partial charge in [0, 0.05) is 43.6 Å². The van der Waals surface area contributed by atoms with E-state index in [2.05, 4.69) is 79.5 Å². The van der Waals surface area contributed by atoms with Crippen molar-refractivity contribution in [2.75, 3.05) is 24.5 Å². The standard InChI is InChI=1S/C23H36N6.HI/c1-7-24-23(26-16(2)14-21-18(4)27-28(6)19(21)5)25-12-13-29-17(3)15-20-10-8-9-11-22(20)29;/h8-11,16-17H,7,12-15H2,1-6H3,(H2,24,25,26);1H. The third kappa shape index (κ3) is 5.68. The lowest BCUT2D eigenvalue weighted by molar-refractivity contribution is 0.632. The van der Waals surface area contributed by atoms with Crippen LogP contribution in [0.2, 0.25) is 0 Å². The molecule has 2 aromatic rings. The number of anilines is 1. The minimum absolute atomic E-state index is 0. The first-order valence-corrected chi connectivity index (χ1v) is 10.8. The van der Waals surface area contributed by atoms with Crippen molar-refractivity contribution < 1.29 is 0 Å². The van der Waals surface area contributed by atoms with Gasteiger partial charge in [-0.3, -0.25) is 9.67 Å². The third-order valence-electron chi connectivity index (χ3n) is 5.86. The van der Waals surface area contributed by atoms with Crippen LogP contribution in [0.25, 0.3) is 0 Å². The van der Waals surface area contributed by atoms with Crippen LogP contribution in [-0.4, -0.2) is 47.5 Å².